The number of aliphatic hydroxyl groups excluding tert-OH is 1. The van der Waals surface area contributed by atoms with Gasteiger partial charge in [-0.1, -0.05) is 29.3 Å². The summed E-state index contributed by atoms with van der Waals surface area (Å²) in [5.74, 6) is 0.228. The SMILES string of the molecule is OCc1c(Cl)cc(-c2cc(Nc3cccc(C(F)(F)F)n3)ncn2)cc1Cl. The Balaban J connectivity index is 1.91. The van der Waals surface area contributed by atoms with Gasteiger partial charge in [0.15, 0.2) is 0 Å². The summed E-state index contributed by atoms with van der Waals surface area (Å²) in [6.07, 6.45) is -3.30. The standard InChI is InChI=1S/C17H11Cl2F3N4O/c18-11-4-9(5-12(19)10(11)7-27)13-6-16(24-8-23-13)26-15-3-1-2-14(25-15)17(20,21)22/h1-6,8,27H,7H2,(H,23,24,25,26). The molecule has 3 aromatic rings. The maximum atomic E-state index is 12.8. The summed E-state index contributed by atoms with van der Waals surface area (Å²) in [6, 6.07) is 8.18. The first-order valence-electron chi connectivity index (χ1n) is 7.50. The largest absolute Gasteiger partial charge is 0.433 e. The molecule has 0 unspecified atom stereocenters. The maximum absolute atomic E-state index is 12.8. The molecule has 1 aromatic carbocycles. The first kappa shape index (κ1) is 19.3. The molecule has 0 aliphatic rings. The molecule has 10 heteroatoms. The molecule has 0 fully saturated rings. The number of pyridine rings is 1. The zero-order valence-corrected chi connectivity index (χ0v) is 14.9. The average molecular weight is 415 g/mol. The van der Waals surface area contributed by atoms with E-state index >= 15 is 0 Å². The van der Waals surface area contributed by atoms with Crippen LogP contribution in [0.5, 0.6) is 0 Å². The number of benzene rings is 1. The number of alkyl halides is 3. The Labute approximate surface area is 161 Å². The molecule has 2 aromatic heterocycles. The van der Waals surface area contributed by atoms with Crippen molar-refractivity contribution in [3.8, 4) is 11.3 Å². The van der Waals surface area contributed by atoms with Crippen LogP contribution in [0.25, 0.3) is 11.3 Å². The van der Waals surface area contributed by atoms with Crippen molar-refractivity contribution in [2.75, 3.05) is 5.32 Å². The van der Waals surface area contributed by atoms with Crippen molar-refractivity contribution in [2.24, 2.45) is 0 Å². The third-order valence-corrected chi connectivity index (χ3v) is 4.23. The van der Waals surface area contributed by atoms with E-state index in [1.54, 1.807) is 12.1 Å². The Kier molecular flexibility index (Phi) is 5.50. The molecule has 0 atom stereocenters. The monoisotopic (exact) mass is 414 g/mol. The van der Waals surface area contributed by atoms with Gasteiger partial charge in [-0.2, -0.15) is 13.2 Å². The summed E-state index contributed by atoms with van der Waals surface area (Å²) in [5.41, 5.74) is 0.375. The number of hydrogen-bond acceptors (Lipinski definition) is 5. The van der Waals surface area contributed by atoms with Crippen LogP contribution in [0.4, 0.5) is 24.8 Å². The number of anilines is 2. The van der Waals surface area contributed by atoms with E-state index in [1.807, 2.05) is 0 Å². The van der Waals surface area contributed by atoms with E-state index in [2.05, 4.69) is 20.3 Å². The highest BCUT2D eigenvalue weighted by molar-refractivity contribution is 6.36. The first-order valence-corrected chi connectivity index (χ1v) is 8.26. The number of aliphatic hydroxyl groups is 1. The second kappa shape index (κ2) is 7.67. The maximum Gasteiger partial charge on any atom is 0.433 e. The molecule has 2 heterocycles. The molecule has 2 N–H and O–H groups in total. The topological polar surface area (TPSA) is 70.9 Å². The van der Waals surface area contributed by atoms with Gasteiger partial charge < -0.3 is 10.4 Å². The molecule has 0 spiro atoms. The lowest BCUT2D eigenvalue weighted by atomic mass is 10.1. The first-order chi connectivity index (χ1) is 12.8. The number of rotatable bonds is 4. The van der Waals surface area contributed by atoms with E-state index in [0.717, 1.165) is 6.07 Å². The van der Waals surface area contributed by atoms with E-state index in [1.165, 1.54) is 24.5 Å². The Morgan fingerprint density at radius 3 is 2.33 bits per heavy atom. The Hall–Kier alpha value is -2.42. The van der Waals surface area contributed by atoms with Gasteiger partial charge >= 0.3 is 6.18 Å². The second-order valence-corrected chi connectivity index (χ2v) is 6.21. The fourth-order valence-electron chi connectivity index (χ4n) is 2.28. The number of nitrogens with zero attached hydrogens (tertiary/aromatic N) is 3. The van der Waals surface area contributed by atoms with E-state index in [0.29, 0.717) is 16.8 Å². The molecule has 140 valence electrons. The summed E-state index contributed by atoms with van der Waals surface area (Å²) in [6.45, 7) is -0.310. The van der Waals surface area contributed by atoms with Crippen LogP contribution in [0.3, 0.4) is 0 Å². The molecular formula is C17H11Cl2F3N4O. The predicted octanol–water partition coefficient (Wildman–Crippen LogP) is 5.10. The fourth-order valence-corrected chi connectivity index (χ4v) is 2.89. The molecule has 0 saturated carbocycles. The van der Waals surface area contributed by atoms with Crippen LogP contribution in [-0.4, -0.2) is 20.1 Å². The molecule has 0 aliphatic heterocycles. The zero-order valence-electron chi connectivity index (χ0n) is 13.4. The number of halogens is 5. The van der Waals surface area contributed by atoms with Crippen molar-refractivity contribution < 1.29 is 18.3 Å². The van der Waals surface area contributed by atoms with E-state index < -0.39 is 11.9 Å². The summed E-state index contributed by atoms with van der Waals surface area (Å²) in [5, 5.41) is 12.5. The van der Waals surface area contributed by atoms with Crippen molar-refractivity contribution in [1.82, 2.24) is 15.0 Å². The lowest BCUT2D eigenvalue weighted by Gasteiger charge is -2.11. The van der Waals surface area contributed by atoms with Crippen molar-refractivity contribution in [2.45, 2.75) is 12.8 Å². The lowest BCUT2D eigenvalue weighted by molar-refractivity contribution is -0.141. The van der Waals surface area contributed by atoms with E-state index in [-0.39, 0.29) is 28.3 Å². The summed E-state index contributed by atoms with van der Waals surface area (Å²) >= 11 is 12.2. The highest BCUT2D eigenvalue weighted by Gasteiger charge is 2.32. The van der Waals surface area contributed by atoms with Gasteiger partial charge in [0, 0.05) is 27.2 Å². The minimum atomic E-state index is -4.55. The highest BCUT2D eigenvalue weighted by atomic mass is 35.5. The van der Waals surface area contributed by atoms with Gasteiger partial charge in [-0.15, -0.1) is 0 Å². The van der Waals surface area contributed by atoms with Gasteiger partial charge in [-0.25, -0.2) is 15.0 Å². The summed E-state index contributed by atoms with van der Waals surface area (Å²) in [7, 11) is 0. The van der Waals surface area contributed by atoms with Crippen LogP contribution >= 0.6 is 23.2 Å². The highest BCUT2D eigenvalue weighted by Crippen LogP contribution is 2.32. The van der Waals surface area contributed by atoms with Crippen molar-refractivity contribution in [3.05, 3.63) is 64.0 Å². The van der Waals surface area contributed by atoms with Crippen LogP contribution in [-0.2, 0) is 12.8 Å². The Morgan fingerprint density at radius 1 is 1.00 bits per heavy atom. The molecule has 0 saturated heterocycles. The smallest absolute Gasteiger partial charge is 0.392 e. The van der Waals surface area contributed by atoms with Gasteiger partial charge in [0.2, 0.25) is 0 Å². The third-order valence-electron chi connectivity index (χ3n) is 3.56. The summed E-state index contributed by atoms with van der Waals surface area (Å²) < 4.78 is 38.3. The molecule has 27 heavy (non-hydrogen) atoms. The van der Waals surface area contributed by atoms with Crippen molar-refractivity contribution in [3.63, 3.8) is 0 Å². The van der Waals surface area contributed by atoms with E-state index in [4.69, 9.17) is 23.2 Å². The van der Waals surface area contributed by atoms with Crippen LogP contribution in [0.2, 0.25) is 10.0 Å². The lowest BCUT2D eigenvalue weighted by Crippen LogP contribution is -2.09. The Morgan fingerprint density at radius 2 is 1.70 bits per heavy atom. The Bertz CT molecular complexity index is 959. The quantitative estimate of drug-likeness (QED) is 0.621. The van der Waals surface area contributed by atoms with Gasteiger partial charge in [0.1, 0.15) is 23.7 Å². The second-order valence-electron chi connectivity index (χ2n) is 5.40. The van der Waals surface area contributed by atoms with Crippen LogP contribution in [0, 0.1) is 0 Å². The number of hydrogen-bond donors (Lipinski definition) is 2. The summed E-state index contributed by atoms with van der Waals surface area (Å²) in [4.78, 5) is 11.6. The molecule has 0 aliphatic carbocycles. The molecule has 0 bridgehead atoms. The predicted molar refractivity (Wildman–Crippen MR) is 95.9 cm³/mol. The van der Waals surface area contributed by atoms with Gasteiger partial charge in [0.05, 0.1) is 12.3 Å². The third kappa shape index (κ3) is 4.47. The zero-order chi connectivity index (χ0) is 19.6. The normalized spacial score (nSPS) is 11.5. The molecule has 3 rings (SSSR count). The van der Waals surface area contributed by atoms with Crippen molar-refractivity contribution >= 4 is 34.8 Å². The van der Waals surface area contributed by atoms with Crippen LogP contribution < -0.4 is 5.32 Å². The van der Waals surface area contributed by atoms with Crippen molar-refractivity contribution in [1.29, 1.82) is 0 Å². The van der Waals surface area contributed by atoms with E-state index in [9.17, 15) is 18.3 Å². The number of nitrogens with one attached hydrogen (secondary N) is 1. The van der Waals surface area contributed by atoms with Gasteiger partial charge in [0.25, 0.3) is 0 Å². The van der Waals surface area contributed by atoms with Crippen LogP contribution in [0.15, 0.2) is 42.7 Å². The minimum Gasteiger partial charge on any atom is -0.392 e. The molecule has 0 radical (unpaired) electrons. The minimum absolute atomic E-state index is 0.0128. The van der Waals surface area contributed by atoms with Gasteiger partial charge in [-0.05, 0) is 24.3 Å². The van der Waals surface area contributed by atoms with Crippen LogP contribution in [0.1, 0.15) is 11.3 Å². The molecule has 0 amide bonds. The molecule has 5 nitrogen and oxygen atoms in total. The average Bonchev–Trinajstić information content (AvgIpc) is 2.61. The number of aromatic nitrogens is 3. The van der Waals surface area contributed by atoms with Gasteiger partial charge in [-0.3, -0.25) is 0 Å². The fraction of sp³-hybridized carbons (Fsp3) is 0.118. The molecular weight excluding hydrogens is 404 g/mol.